The molecular weight excluding hydrogens is 198 g/mol. The van der Waals surface area contributed by atoms with Crippen LogP contribution in [-0.2, 0) is 11.2 Å². The van der Waals surface area contributed by atoms with Crippen molar-refractivity contribution in [1.29, 1.82) is 0 Å². The topological polar surface area (TPSA) is 29.1 Å². The first-order chi connectivity index (χ1) is 6.68. The van der Waals surface area contributed by atoms with Gasteiger partial charge in [0.1, 0.15) is 0 Å². The average molecular weight is 210 g/mol. The molecule has 1 unspecified atom stereocenters. The number of nitrogens with one attached hydrogen (secondary N) is 1. The van der Waals surface area contributed by atoms with E-state index in [0.29, 0.717) is 6.54 Å². The molecule has 0 saturated carbocycles. The van der Waals surface area contributed by atoms with Crippen LogP contribution in [0.4, 0.5) is 0 Å². The lowest BCUT2D eigenvalue weighted by Crippen LogP contribution is -2.26. The molecule has 0 fully saturated rings. The third kappa shape index (κ3) is 1.62. The SMILES string of the molecule is CC1C(=O)NCCc2cc(Cl)ccc21. The molecule has 14 heavy (non-hydrogen) atoms. The molecule has 2 rings (SSSR count). The number of halogens is 1. The highest BCUT2D eigenvalue weighted by atomic mass is 35.5. The van der Waals surface area contributed by atoms with Crippen LogP contribution in [0.5, 0.6) is 0 Å². The summed E-state index contributed by atoms with van der Waals surface area (Å²) in [4.78, 5) is 11.5. The summed E-state index contributed by atoms with van der Waals surface area (Å²) in [5.41, 5.74) is 2.28. The molecule has 1 aliphatic heterocycles. The van der Waals surface area contributed by atoms with Crippen LogP contribution in [0.2, 0.25) is 5.02 Å². The van der Waals surface area contributed by atoms with Crippen molar-refractivity contribution in [2.45, 2.75) is 19.3 Å². The van der Waals surface area contributed by atoms with E-state index in [1.807, 2.05) is 25.1 Å². The fraction of sp³-hybridized carbons (Fsp3) is 0.364. The van der Waals surface area contributed by atoms with Crippen LogP contribution in [-0.4, -0.2) is 12.5 Å². The molecule has 74 valence electrons. The summed E-state index contributed by atoms with van der Waals surface area (Å²) in [6.07, 6.45) is 0.867. The highest BCUT2D eigenvalue weighted by molar-refractivity contribution is 6.30. The third-order valence-corrected chi connectivity index (χ3v) is 2.89. The van der Waals surface area contributed by atoms with Gasteiger partial charge in [0, 0.05) is 11.6 Å². The lowest BCUT2D eigenvalue weighted by Gasteiger charge is -2.10. The zero-order chi connectivity index (χ0) is 10.1. The normalized spacial score (nSPS) is 21.0. The van der Waals surface area contributed by atoms with Gasteiger partial charge < -0.3 is 5.32 Å². The van der Waals surface area contributed by atoms with E-state index in [-0.39, 0.29) is 11.8 Å². The van der Waals surface area contributed by atoms with Gasteiger partial charge in [0.25, 0.3) is 0 Å². The van der Waals surface area contributed by atoms with Crippen LogP contribution in [0, 0.1) is 0 Å². The van der Waals surface area contributed by atoms with Gasteiger partial charge in [-0.2, -0.15) is 0 Å². The van der Waals surface area contributed by atoms with Crippen molar-refractivity contribution in [2.24, 2.45) is 0 Å². The van der Waals surface area contributed by atoms with Gasteiger partial charge in [-0.05, 0) is 36.6 Å². The molecule has 0 radical (unpaired) electrons. The predicted octanol–water partition coefficient (Wildman–Crippen LogP) is 2.12. The lowest BCUT2D eigenvalue weighted by atomic mass is 9.95. The number of benzene rings is 1. The van der Waals surface area contributed by atoms with E-state index >= 15 is 0 Å². The molecule has 0 saturated heterocycles. The first-order valence-electron chi connectivity index (χ1n) is 4.74. The van der Waals surface area contributed by atoms with E-state index in [2.05, 4.69) is 5.32 Å². The second kappa shape index (κ2) is 3.62. The minimum absolute atomic E-state index is 0.0650. The Hall–Kier alpha value is -1.02. The Morgan fingerprint density at radius 1 is 1.50 bits per heavy atom. The van der Waals surface area contributed by atoms with Gasteiger partial charge >= 0.3 is 0 Å². The van der Waals surface area contributed by atoms with Crippen molar-refractivity contribution in [3.63, 3.8) is 0 Å². The van der Waals surface area contributed by atoms with E-state index < -0.39 is 0 Å². The Morgan fingerprint density at radius 2 is 2.29 bits per heavy atom. The Kier molecular flexibility index (Phi) is 2.46. The molecule has 1 aromatic carbocycles. The summed E-state index contributed by atoms with van der Waals surface area (Å²) in [6.45, 7) is 2.63. The number of amides is 1. The number of carbonyl (C=O) groups is 1. The van der Waals surface area contributed by atoms with Gasteiger partial charge in [-0.1, -0.05) is 17.7 Å². The smallest absolute Gasteiger partial charge is 0.227 e. The Labute approximate surface area is 88.3 Å². The molecule has 0 aromatic heterocycles. The van der Waals surface area contributed by atoms with Crippen molar-refractivity contribution >= 4 is 17.5 Å². The second-order valence-corrected chi connectivity index (χ2v) is 4.04. The maximum absolute atomic E-state index is 11.5. The molecule has 1 N–H and O–H groups in total. The maximum Gasteiger partial charge on any atom is 0.227 e. The van der Waals surface area contributed by atoms with Crippen LogP contribution in [0.1, 0.15) is 24.0 Å². The van der Waals surface area contributed by atoms with Gasteiger partial charge in [-0.3, -0.25) is 4.79 Å². The number of hydrogen-bond donors (Lipinski definition) is 1. The number of carbonyl (C=O) groups excluding carboxylic acids is 1. The molecule has 0 spiro atoms. The Balaban J connectivity index is 2.48. The van der Waals surface area contributed by atoms with E-state index in [1.165, 1.54) is 5.56 Å². The standard InChI is InChI=1S/C11H12ClNO/c1-7-10-3-2-9(12)6-8(10)4-5-13-11(7)14/h2-3,6-7H,4-5H2,1H3,(H,13,14). The van der Waals surface area contributed by atoms with Crippen molar-refractivity contribution in [3.8, 4) is 0 Å². The van der Waals surface area contributed by atoms with Crippen molar-refractivity contribution in [2.75, 3.05) is 6.54 Å². The van der Waals surface area contributed by atoms with E-state index in [0.717, 1.165) is 17.0 Å². The quantitative estimate of drug-likeness (QED) is 0.697. The first-order valence-corrected chi connectivity index (χ1v) is 5.12. The van der Waals surface area contributed by atoms with Gasteiger partial charge in [0.15, 0.2) is 0 Å². The average Bonchev–Trinajstić information content (AvgIpc) is 2.28. The number of fused-ring (bicyclic) bond motifs is 1. The molecule has 1 amide bonds. The van der Waals surface area contributed by atoms with Crippen molar-refractivity contribution < 1.29 is 4.79 Å². The summed E-state index contributed by atoms with van der Waals surface area (Å²) in [6, 6.07) is 5.75. The predicted molar refractivity (Wildman–Crippen MR) is 56.6 cm³/mol. The summed E-state index contributed by atoms with van der Waals surface area (Å²) in [5.74, 6) is 0.0378. The number of hydrogen-bond acceptors (Lipinski definition) is 1. The third-order valence-electron chi connectivity index (χ3n) is 2.66. The molecule has 2 nitrogen and oxygen atoms in total. The molecular formula is C11H12ClNO. The Bertz CT molecular complexity index is 376. The van der Waals surface area contributed by atoms with Crippen LogP contribution >= 0.6 is 11.6 Å². The van der Waals surface area contributed by atoms with Crippen LogP contribution in [0.3, 0.4) is 0 Å². The van der Waals surface area contributed by atoms with E-state index in [1.54, 1.807) is 0 Å². The van der Waals surface area contributed by atoms with E-state index in [9.17, 15) is 4.79 Å². The summed E-state index contributed by atoms with van der Waals surface area (Å²) in [5, 5.41) is 3.62. The largest absolute Gasteiger partial charge is 0.355 e. The maximum atomic E-state index is 11.5. The molecule has 1 aliphatic rings. The zero-order valence-corrected chi connectivity index (χ0v) is 8.77. The fourth-order valence-corrected chi connectivity index (χ4v) is 2.02. The monoisotopic (exact) mass is 209 g/mol. The van der Waals surface area contributed by atoms with E-state index in [4.69, 9.17) is 11.6 Å². The molecule has 1 heterocycles. The van der Waals surface area contributed by atoms with Crippen molar-refractivity contribution in [1.82, 2.24) is 5.32 Å². The molecule has 1 aromatic rings. The number of rotatable bonds is 0. The highest BCUT2D eigenvalue weighted by Crippen LogP contribution is 2.25. The van der Waals surface area contributed by atoms with Crippen molar-refractivity contribution in [3.05, 3.63) is 34.3 Å². The van der Waals surface area contributed by atoms with Gasteiger partial charge in [-0.25, -0.2) is 0 Å². The van der Waals surface area contributed by atoms with Gasteiger partial charge in [0.2, 0.25) is 5.91 Å². The minimum Gasteiger partial charge on any atom is -0.355 e. The molecule has 0 aliphatic carbocycles. The molecule has 1 atom stereocenters. The van der Waals surface area contributed by atoms with Gasteiger partial charge in [0.05, 0.1) is 5.92 Å². The van der Waals surface area contributed by atoms with Gasteiger partial charge in [-0.15, -0.1) is 0 Å². The zero-order valence-electron chi connectivity index (χ0n) is 8.01. The fourth-order valence-electron chi connectivity index (χ4n) is 1.83. The lowest BCUT2D eigenvalue weighted by molar-refractivity contribution is -0.121. The van der Waals surface area contributed by atoms with Crippen LogP contribution in [0.25, 0.3) is 0 Å². The Morgan fingerprint density at radius 3 is 3.07 bits per heavy atom. The first kappa shape index (κ1) is 9.53. The second-order valence-electron chi connectivity index (χ2n) is 3.61. The summed E-state index contributed by atoms with van der Waals surface area (Å²) in [7, 11) is 0. The highest BCUT2D eigenvalue weighted by Gasteiger charge is 2.21. The van der Waals surface area contributed by atoms with Crippen LogP contribution < -0.4 is 5.32 Å². The molecule has 0 bridgehead atoms. The molecule has 3 heteroatoms. The summed E-state index contributed by atoms with van der Waals surface area (Å²) >= 11 is 5.91. The van der Waals surface area contributed by atoms with Crippen LogP contribution in [0.15, 0.2) is 18.2 Å². The minimum atomic E-state index is -0.0650. The summed E-state index contributed by atoms with van der Waals surface area (Å²) < 4.78 is 0.